The standard InChI is InChI=1S/C21H25FN6O2S/c1-13(29)27-8-5-14(6-9-27)7-10-28-12-24-19(23)18-20(28)26-21(25-18)31-15-3-4-17(30-2)16(22)11-15/h3-4,11-12,14H,5-10H2,1-2H3,(H2,23,25,26)/p+1. The number of nitrogen functional groups attached to an aromatic ring is 1. The minimum absolute atomic E-state index is 0.149. The monoisotopic (exact) mass is 445 g/mol. The molecule has 8 nitrogen and oxygen atoms in total. The van der Waals surface area contributed by atoms with Gasteiger partial charge >= 0.3 is 0 Å². The van der Waals surface area contributed by atoms with Gasteiger partial charge in [0.25, 0.3) is 5.65 Å². The number of benzene rings is 1. The zero-order valence-electron chi connectivity index (χ0n) is 17.6. The second-order valence-corrected chi connectivity index (χ2v) is 8.76. The number of piperidine rings is 1. The van der Waals surface area contributed by atoms with Gasteiger partial charge in [0.05, 0.1) is 13.7 Å². The highest BCUT2D eigenvalue weighted by molar-refractivity contribution is 7.99. The second-order valence-electron chi connectivity index (χ2n) is 7.70. The first-order chi connectivity index (χ1) is 14.9. The molecule has 1 aliphatic heterocycles. The number of rotatable bonds is 6. The van der Waals surface area contributed by atoms with Gasteiger partial charge in [-0.1, -0.05) is 9.97 Å². The highest BCUT2D eigenvalue weighted by atomic mass is 32.2. The van der Waals surface area contributed by atoms with Crippen molar-refractivity contribution < 1.29 is 18.5 Å². The van der Waals surface area contributed by atoms with Crippen molar-refractivity contribution in [3.05, 3.63) is 30.3 Å². The van der Waals surface area contributed by atoms with Gasteiger partial charge in [-0.2, -0.15) is 0 Å². The van der Waals surface area contributed by atoms with Crippen LogP contribution >= 0.6 is 11.8 Å². The third-order valence-electron chi connectivity index (χ3n) is 5.70. The average Bonchev–Trinajstić information content (AvgIpc) is 3.18. The minimum atomic E-state index is -0.421. The Morgan fingerprint density at radius 3 is 2.87 bits per heavy atom. The number of hydrogen-bond donors (Lipinski definition) is 2. The molecule has 0 radical (unpaired) electrons. The van der Waals surface area contributed by atoms with Crippen LogP contribution in [0.3, 0.4) is 0 Å². The lowest BCUT2D eigenvalue weighted by Crippen LogP contribution is -2.40. The Morgan fingerprint density at radius 2 is 2.19 bits per heavy atom. The Hall–Kier alpha value is -2.88. The molecule has 1 fully saturated rings. The highest BCUT2D eigenvalue weighted by Gasteiger charge is 2.23. The van der Waals surface area contributed by atoms with Crippen molar-refractivity contribution in [1.82, 2.24) is 19.9 Å². The van der Waals surface area contributed by atoms with Crippen molar-refractivity contribution in [1.29, 1.82) is 0 Å². The maximum atomic E-state index is 14.0. The van der Waals surface area contributed by atoms with Crippen LogP contribution < -0.4 is 15.0 Å². The number of anilines is 1. The molecule has 1 aromatic carbocycles. The molecule has 1 saturated heterocycles. The predicted octanol–water partition coefficient (Wildman–Crippen LogP) is 2.78. The molecule has 0 atom stereocenters. The van der Waals surface area contributed by atoms with E-state index in [2.05, 4.69) is 15.0 Å². The van der Waals surface area contributed by atoms with E-state index in [-0.39, 0.29) is 11.7 Å². The molecule has 0 aliphatic carbocycles. The van der Waals surface area contributed by atoms with Crippen LogP contribution in [-0.4, -0.2) is 46.0 Å². The molecule has 10 heteroatoms. The van der Waals surface area contributed by atoms with Crippen LogP contribution in [0.2, 0.25) is 0 Å². The molecule has 164 valence electrons. The summed E-state index contributed by atoms with van der Waals surface area (Å²) in [7, 11) is 1.44. The molecule has 3 N–H and O–H groups in total. The lowest BCUT2D eigenvalue weighted by Gasteiger charge is -2.31. The first-order valence-electron chi connectivity index (χ1n) is 10.2. The molecule has 2 aromatic heterocycles. The van der Waals surface area contributed by atoms with Gasteiger partial charge in [-0.15, -0.1) is 0 Å². The largest absolute Gasteiger partial charge is 0.494 e. The molecule has 31 heavy (non-hydrogen) atoms. The molecule has 0 spiro atoms. The van der Waals surface area contributed by atoms with Crippen molar-refractivity contribution in [2.24, 2.45) is 5.92 Å². The smallest absolute Gasteiger partial charge is 0.294 e. The van der Waals surface area contributed by atoms with Gasteiger partial charge < -0.3 is 20.4 Å². The van der Waals surface area contributed by atoms with E-state index < -0.39 is 5.82 Å². The van der Waals surface area contributed by atoms with E-state index >= 15 is 0 Å². The number of H-pyrrole nitrogens is 1. The van der Waals surface area contributed by atoms with Crippen molar-refractivity contribution in [3.8, 4) is 5.75 Å². The first-order valence-corrected chi connectivity index (χ1v) is 11.1. The van der Waals surface area contributed by atoms with Crippen LogP contribution in [-0.2, 0) is 11.3 Å². The Morgan fingerprint density at radius 1 is 1.42 bits per heavy atom. The topological polar surface area (TPSA) is 101 Å². The van der Waals surface area contributed by atoms with Gasteiger partial charge in [0.1, 0.15) is 0 Å². The number of methoxy groups -OCH3 is 1. The third-order valence-corrected chi connectivity index (χ3v) is 6.58. The van der Waals surface area contributed by atoms with E-state index in [1.165, 1.54) is 24.9 Å². The molecule has 0 saturated carbocycles. The van der Waals surface area contributed by atoms with Crippen LogP contribution in [0.5, 0.6) is 5.75 Å². The van der Waals surface area contributed by atoms with Crippen LogP contribution in [0.15, 0.2) is 34.6 Å². The number of aromatic nitrogens is 4. The van der Waals surface area contributed by atoms with Gasteiger partial charge in [-0.05, 0) is 55.1 Å². The molecule has 1 aliphatic rings. The number of halogens is 1. The summed E-state index contributed by atoms with van der Waals surface area (Å²) < 4.78 is 21.0. The molecular weight excluding hydrogens is 419 g/mol. The summed E-state index contributed by atoms with van der Waals surface area (Å²) in [5.41, 5.74) is 7.46. The summed E-state index contributed by atoms with van der Waals surface area (Å²) in [5.74, 6) is 0.868. The van der Waals surface area contributed by atoms with Gasteiger partial charge in [0, 0.05) is 24.9 Å². The average molecular weight is 446 g/mol. The number of nitrogens with two attached hydrogens (primary N) is 1. The Labute approximate surface area is 184 Å². The fourth-order valence-corrected chi connectivity index (χ4v) is 4.68. The Balaban J connectivity index is 1.48. The number of carbonyl (C=O) groups is 1. The SMILES string of the molecule is COc1ccc(Sc2nc3c([nH]2)c(N)nc[n+]3CCC2CCN(C(C)=O)CC2)cc1F. The van der Waals surface area contributed by atoms with E-state index in [1.54, 1.807) is 25.4 Å². The summed E-state index contributed by atoms with van der Waals surface area (Å²) in [6, 6.07) is 4.79. The summed E-state index contributed by atoms with van der Waals surface area (Å²) in [6.45, 7) is 4.03. The van der Waals surface area contributed by atoms with Crippen molar-refractivity contribution >= 4 is 34.7 Å². The fraction of sp³-hybridized carbons (Fsp3) is 0.429. The maximum absolute atomic E-state index is 14.0. The van der Waals surface area contributed by atoms with E-state index in [1.807, 2.05) is 9.47 Å². The van der Waals surface area contributed by atoms with Crippen LogP contribution in [0.25, 0.3) is 11.2 Å². The molecule has 1 amide bonds. The third kappa shape index (κ3) is 4.73. The first kappa shape index (κ1) is 21.4. The number of likely N-dealkylation sites (tertiary alicyclic amines) is 1. The molecule has 4 rings (SSSR count). The second kappa shape index (κ2) is 9.09. The Kier molecular flexibility index (Phi) is 6.26. The number of fused-ring (bicyclic) bond motifs is 1. The maximum Gasteiger partial charge on any atom is 0.294 e. The number of aromatic amines is 1. The number of imidazole rings is 1. The minimum Gasteiger partial charge on any atom is -0.494 e. The molecular formula is C21H26FN6O2S+. The van der Waals surface area contributed by atoms with Gasteiger partial charge in [-0.25, -0.2) is 8.96 Å². The molecule has 3 heterocycles. The van der Waals surface area contributed by atoms with Crippen molar-refractivity contribution in [2.45, 2.75) is 42.8 Å². The summed E-state index contributed by atoms with van der Waals surface area (Å²) in [6.07, 6.45) is 4.72. The van der Waals surface area contributed by atoms with Crippen LogP contribution in [0.4, 0.5) is 10.2 Å². The molecule has 0 unspecified atom stereocenters. The van der Waals surface area contributed by atoms with Crippen LogP contribution in [0, 0.1) is 11.7 Å². The van der Waals surface area contributed by atoms with Crippen molar-refractivity contribution in [2.75, 3.05) is 25.9 Å². The number of nitrogens with zero attached hydrogens (tertiary/aromatic N) is 4. The zero-order valence-corrected chi connectivity index (χ0v) is 18.4. The summed E-state index contributed by atoms with van der Waals surface area (Å²) in [4.78, 5) is 26.3. The number of ether oxygens (including phenoxy) is 1. The van der Waals surface area contributed by atoms with Gasteiger partial charge in [0.2, 0.25) is 23.2 Å². The molecule has 0 bridgehead atoms. The quantitative estimate of drug-likeness (QED) is 0.566. The highest BCUT2D eigenvalue weighted by Crippen LogP contribution is 2.30. The lowest BCUT2D eigenvalue weighted by atomic mass is 9.93. The van der Waals surface area contributed by atoms with E-state index in [4.69, 9.17) is 10.5 Å². The number of nitrogens with one attached hydrogen (secondary N) is 1. The fourth-order valence-electron chi connectivity index (χ4n) is 3.87. The number of amides is 1. The Bertz CT molecular complexity index is 1100. The number of hydrogen-bond acceptors (Lipinski definition) is 6. The van der Waals surface area contributed by atoms with E-state index in [9.17, 15) is 9.18 Å². The predicted molar refractivity (Wildman–Crippen MR) is 115 cm³/mol. The zero-order chi connectivity index (χ0) is 22.0. The van der Waals surface area contributed by atoms with Gasteiger partial charge in [0.15, 0.2) is 17.1 Å². The summed E-state index contributed by atoms with van der Waals surface area (Å²) >= 11 is 1.32. The normalized spacial score (nSPS) is 14.9. The van der Waals surface area contributed by atoms with Gasteiger partial charge in [-0.3, -0.25) is 4.79 Å². The number of carbonyl (C=O) groups excluding carboxylic acids is 1. The van der Waals surface area contributed by atoms with E-state index in [0.29, 0.717) is 27.3 Å². The number of aryl methyl sites for hydroxylation is 1. The molecule has 3 aromatic rings. The lowest BCUT2D eigenvalue weighted by molar-refractivity contribution is -0.677. The summed E-state index contributed by atoms with van der Waals surface area (Å²) in [5, 5.41) is 0.614. The van der Waals surface area contributed by atoms with E-state index in [0.717, 1.165) is 44.5 Å². The van der Waals surface area contributed by atoms with Crippen LogP contribution in [0.1, 0.15) is 26.2 Å². The van der Waals surface area contributed by atoms with Crippen molar-refractivity contribution in [3.63, 3.8) is 0 Å².